The number of imide groups is 1. The van der Waals surface area contributed by atoms with E-state index in [2.05, 4.69) is 4.52 Å². The quantitative estimate of drug-likeness (QED) is 0.352. The predicted molar refractivity (Wildman–Crippen MR) is 84.4 cm³/mol. The zero-order valence-corrected chi connectivity index (χ0v) is 15.7. The maximum atomic E-state index is 12.6. The number of phosphoric acid groups is 1. The maximum Gasteiger partial charge on any atom is 0.261 e. The molecule has 0 fully saturated rings. The molecule has 3 rings (SSSR count). The van der Waals surface area contributed by atoms with Gasteiger partial charge in [0.2, 0.25) is 0 Å². The van der Waals surface area contributed by atoms with Gasteiger partial charge in [-0.3, -0.25) is 14.5 Å². The van der Waals surface area contributed by atoms with Gasteiger partial charge in [-0.05, 0) is 24.1 Å². The summed E-state index contributed by atoms with van der Waals surface area (Å²) in [4.78, 5) is 47.8. The van der Waals surface area contributed by atoms with E-state index in [1.807, 2.05) is 0 Å². The number of nitrogens with zero attached hydrogens (tertiary/aromatic N) is 1. The fraction of sp³-hybridized carbons (Fsp3) is 0.176. The van der Waals surface area contributed by atoms with E-state index in [-0.39, 0.29) is 39.9 Å². The van der Waals surface area contributed by atoms with Crippen LogP contribution in [0.15, 0.2) is 54.6 Å². The number of phosphoric ester groups is 1. The van der Waals surface area contributed by atoms with Crippen LogP contribution < -0.4 is 9.79 Å². The van der Waals surface area contributed by atoms with Crippen molar-refractivity contribution in [1.29, 1.82) is 0 Å². The predicted octanol–water partition coefficient (Wildman–Crippen LogP) is 0.737. The minimum atomic E-state index is -5.23. The molecule has 2 amide bonds. The minimum Gasteiger partial charge on any atom is -0.790 e. The van der Waals surface area contributed by atoms with E-state index in [1.165, 1.54) is 12.1 Å². The molecule has 0 N–H and O–H groups in total. The molecule has 1 heterocycles. The molecule has 26 heavy (non-hydrogen) atoms. The van der Waals surface area contributed by atoms with Gasteiger partial charge in [0, 0.05) is 22.4 Å². The largest absolute Gasteiger partial charge is 0.790 e. The Morgan fingerprint density at radius 2 is 1.42 bits per heavy atom. The van der Waals surface area contributed by atoms with Gasteiger partial charge in [-0.1, -0.05) is 42.5 Å². The van der Waals surface area contributed by atoms with Crippen molar-refractivity contribution in [3.63, 3.8) is 0 Å². The van der Waals surface area contributed by atoms with Crippen LogP contribution in [-0.4, -0.2) is 29.4 Å². The van der Waals surface area contributed by atoms with Gasteiger partial charge in [-0.25, -0.2) is 0 Å². The molecule has 1 aliphatic heterocycles. The fourth-order valence-corrected chi connectivity index (χ4v) is 3.18. The van der Waals surface area contributed by atoms with Gasteiger partial charge in [-0.15, -0.1) is 0 Å². The summed E-state index contributed by atoms with van der Waals surface area (Å²) in [6, 6.07) is 14.3. The smallest absolute Gasteiger partial charge is 0.261 e. The summed E-state index contributed by atoms with van der Waals surface area (Å²) < 4.78 is 15.2. The molecular weight excluding hydrogens is 453 g/mol. The first kappa shape index (κ1) is 20.7. The van der Waals surface area contributed by atoms with Crippen LogP contribution in [0.1, 0.15) is 26.3 Å². The van der Waals surface area contributed by atoms with Crippen molar-refractivity contribution < 1.29 is 50.8 Å². The van der Waals surface area contributed by atoms with Gasteiger partial charge < -0.3 is 18.9 Å². The van der Waals surface area contributed by atoms with Crippen molar-refractivity contribution in [3.8, 4) is 0 Å². The molecule has 0 bridgehead atoms. The van der Waals surface area contributed by atoms with E-state index < -0.39 is 32.3 Å². The second kappa shape index (κ2) is 8.41. The number of rotatable bonds is 6. The zero-order chi connectivity index (χ0) is 18.0. The SMILES string of the molecule is O=C1c2ccccc2C(=O)N1C(COP(=O)([O-])[O-])Cc1ccccc1.[Ag]. The van der Waals surface area contributed by atoms with E-state index in [4.69, 9.17) is 0 Å². The molecule has 0 aliphatic carbocycles. The summed E-state index contributed by atoms with van der Waals surface area (Å²) in [5.41, 5.74) is 1.27. The number of carbonyl (C=O) groups excluding carboxylic acids is 2. The Balaban J connectivity index is 0.00000243. The van der Waals surface area contributed by atoms with E-state index >= 15 is 0 Å². The van der Waals surface area contributed by atoms with Crippen LogP contribution in [0.25, 0.3) is 0 Å². The third-order valence-corrected chi connectivity index (χ3v) is 4.40. The number of carbonyl (C=O) groups is 2. The molecule has 9 heteroatoms. The van der Waals surface area contributed by atoms with Crippen LogP contribution in [0.4, 0.5) is 0 Å². The van der Waals surface area contributed by atoms with Crippen LogP contribution in [0, 0.1) is 0 Å². The molecule has 1 aliphatic rings. The summed E-state index contributed by atoms with van der Waals surface area (Å²) >= 11 is 0. The minimum absolute atomic E-state index is 0. The van der Waals surface area contributed by atoms with Crippen molar-refractivity contribution in [2.24, 2.45) is 0 Å². The first-order chi connectivity index (χ1) is 11.9. The van der Waals surface area contributed by atoms with Crippen molar-refractivity contribution in [2.45, 2.75) is 12.5 Å². The molecule has 1 atom stereocenters. The second-order valence-electron chi connectivity index (χ2n) is 5.61. The van der Waals surface area contributed by atoms with Gasteiger partial charge >= 0.3 is 0 Å². The van der Waals surface area contributed by atoms with Crippen LogP contribution in [0.5, 0.6) is 0 Å². The standard InChI is InChI=1S/C17H16NO6P.Ag/c19-16-14-8-4-5-9-15(14)17(20)18(16)13(11-24-25(21,22)23)10-12-6-2-1-3-7-12;/h1-9,13H,10-11H2,(H2,21,22,23);/p-2. The van der Waals surface area contributed by atoms with E-state index in [9.17, 15) is 23.9 Å². The molecule has 1 unspecified atom stereocenters. The summed E-state index contributed by atoms with van der Waals surface area (Å²) in [5.74, 6) is -1.06. The molecule has 0 saturated heterocycles. The third kappa shape index (κ3) is 4.58. The third-order valence-electron chi connectivity index (χ3n) is 3.93. The number of hydrogen-bond donors (Lipinski definition) is 0. The van der Waals surface area contributed by atoms with E-state index in [0.29, 0.717) is 0 Å². The van der Waals surface area contributed by atoms with Gasteiger partial charge in [0.25, 0.3) is 11.8 Å². The first-order valence-corrected chi connectivity index (χ1v) is 9.00. The molecule has 0 spiro atoms. The number of fused-ring (bicyclic) bond motifs is 1. The van der Waals surface area contributed by atoms with Crippen LogP contribution >= 0.6 is 7.82 Å². The summed E-state index contributed by atoms with van der Waals surface area (Å²) in [5, 5.41) is 0. The Bertz CT molecular complexity index is 818. The van der Waals surface area contributed by atoms with Crippen LogP contribution in [0.2, 0.25) is 0 Å². The molecule has 141 valence electrons. The Hall–Kier alpha value is -1.57. The molecule has 1 radical (unpaired) electrons. The first-order valence-electron chi connectivity index (χ1n) is 7.54. The molecule has 7 nitrogen and oxygen atoms in total. The summed E-state index contributed by atoms with van der Waals surface area (Å²) in [6.07, 6.45) is 0.173. The topological polar surface area (TPSA) is 110 Å². The summed E-state index contributed by atoms with van der Waals surface area (Å²) in [6.45, 7) is -0.579. The molecule has 0 aromatic heterocycles. The Morgan fingerprint density at radius 3 is 1.92 bits per heavy atom. The van der Waals surface area contributed by atoms with Crippen molar-refractivity contribution in [3.05, 3.63) is 71.3 Å². The monoisotopic (exact) mass is 466 g/mol. The molecular formula is C17H14AgNO6P-2. The van der Waals surface area contributed by atoms with Gasteiger partial charge in [0.1, 0.15) is 0 Å². The average Bonchev–Trinajstić information content (AvgIpc) is 2.84. The maximum absolute atomic E-state index is 12.6. The number of benzene rings is 2. The molecule has 0 saturated carbocycles. The van der Waals surface area contributed by atoms with E-state index in [1.54, 1.807) is 42.5 Å². The van der Waals surface area contributed by atoms with Crippen LogP contribution in [0.3, 0.4) is 0 Å². The van der Waals surface area contributed by atoms with Crippen molar-refractivity contribution in [2.75, 3.05) is 6.61 Å². The second-order valence-corrected chi connectivity index (χ2v) is 6.77. The fourth-order valence-electron chi connectivity index (χ4n) is 2.83. The normalized spacial score (nSPS) is 14.8. The molecule has 2 aromatic carbocycles. The Kier molecular flexibility index (Phi) is 6.71. The zero-order valence-electron chi connectivity index (χ0n) is 13.3. The van der Waals surface area contributed by atoms with Gasteiger partial charge in [-0.2, -0.15) is 0 Å². The van der Waals surface area contributed by atoms with Crippen molar-refractivity contribution >= 4 is 19.6 Å². The van der Waals surface area contributed by atoms with Crippen molar-refractivity contribution in [1.82, 2.24) is 4.90 Å². The Labute approximate surface area is 165 Å². The average molecular weight is 467 g/mol. The van der Waals surface area contributed by atoms with Gasteiger partial charge in [0.05, 0.1) is 31.6 Å². The summed E-state index contributed by atoms with van der Waals surface area (Å²) in [7, 11) is -5.23. The van der Waals surface area contributed by atoms with E-state index in [0.717, 1.165) is 10.5 Å². The number of amides is 2. The molecule has 2 aromatic rings. The van der Waals surface area contributed by atoms with Crippen LogP contribution in [-0.2, 0) is 37.9 Å². The number of hydrogen-bond acceptors (Lipinski definition) is 6. The Morgan fingerprint density at radius 1 is 0.923 bits per heavy atom. The van der Waals surface area contributed by atoms with Gasteiger partial charge in [0.15, 0.2) is 0 Å².